The van der Waals surface area contributed by atoms with E-state index in [4.69, 9.17) is 9.15 Å². The van der Waals surface area contributed by atoms with Gasteiger partial charge in [0.15, 0.2) is 17.8 Å². The molecule has 0 spiro atoms. The lowest BCUT2D eigenvalue weighted by molar-refractivity contribution is -0.116. The normalized spacial score (nSPS) is 12.6. The molecule has 4 aromatic rings. The molecule has 5 rings (SSSR count). The van der Waals surface area contributed by atoms with E-state index in [2.05, 4.69) is 0 Å². The molecule has 34 heavy (non-hydrogen) atoms. The highest BCUT2D eigenvalue weighted by molar-refractivity contribution is 5.99. The Balaban J connectivity index is 1.38. The molecule has 3 aromatic carbocycles. The number of benzene rings is 3. The molecule has 170 valence electrons. The van der Waals surface area contributed by atoms with Gasteiger partial charge in [-0.25, -0.2) is 0 Å². The number of hydrogen-bond acceptors (Lipinski definition) is 6. The van der Waals surface area contributed by atoms with E-state index in [1.807, 2.05) is 30.3 Å². The van der Waals surface area contributed by atoms with E-state index in [0.717, 1.165) is 16.8 Å². The number of rotatable bonds is 5. The third-order valence-corrected chi connectivity index (χ3v) is 5.89. The maximum atomic E-state index is 12.7. The second-order valence-corrected chi connectivity index (χ2v) is 8.13. The van der Waals surface area contributed by atoms with E-state index in [9.17, 15) is 19.5 Å². The largest absolute Gasteiger partial charge is 0.507 e. The fraction of sp³-hybridized carbons (Fsp3) is 0.148. The maximum Gasteiger partial charge on any atom is 0.223 e. The summed E-state index contributed by atoms with van der Waals surface area (Å²) in [5, 5.41) is 10.4. The minimum absolute atomic E-state index is 0.0284. The predicted molar refractivity (Wildman–Crippen MR) is 128 cm³/mol. The van der Waals surface area contributed by atoms with Gasteiger partial charge >= 0.3 is 0 Å². The number of nitrogens with zero attached hydrogens (tertiary/aromatic N) is 1. The Kier molecular flexibility index (Phi) is 5.37. The summed E-state index contributed by atoms with van der Waals surface area (Å²) >= 11 is 0. The zero-order chi connectivity index (χ0) is 23.8. The monoisotopic (exact) mass is 455 g/mol. The third kappa shape index (κ3) is 3.92. The van der Waals surface area contributed by atoms with Gasteiger partial charge in [0.05, 0.1) is 0 Å². The number of aromatic hydroxyl groups is 1. The lowest BCUT2D eigenvalue weighted by Gasteiger charge is -2.14. The molecule has 1 amide bonds. The summed E-state index contributed by atoms with van der Waals surface area (Å²) in [5.74, 6) is 0.0109. The van der Waals surface area contributed by atoms with Crippen molar-refractivity contribution in [3.63, 3.8) is 0 Å². The third-order valence-electron chi connectivity index (χ3n) is 5.89. The molecule has 0 atom stereocenters. The summed E-state index contributed by atoms with van der Waals surface area (Å²) in [6.07, 6.45) is 0.693. The first-order valence-electron chi connectivity index (χ1n) is 10.8. The van der Waals surface area contributed by atoms with E-state index in [-0.39, 0.29) is 46.2 Å². The Bertz CT molecular complexity index is 1490. The lowest BCUT2D eigenvalue weighted by atomic mass is 10.1. The van der Waals surface area contributed by atoms with Gasteiger partial charge in [-0.05, 0) is 30.2 Å². The van der Waals surface area contributed by atoms with Crippen molar-refractivity contribution in [3.8, 4) is 22.8 Å². The highest BCUT2D eigenvalue weighted by Crippen LogP contribution is 2.32. The van der Waals surface area contributed by atoms with Crippen LogP contribution < -0.4 is 15.1 Å². The van der Waals surface area contributed by atoms with Crippen molar-refractivity contribution in [1.82, 2.24) is 0 Å². The molecule has 0 bridgehead atoms. The number of phenols is 1. The number of hydrogen-bond donors (Lipinski definition) is 1. The zero-order valence-electron chi connectivity index (χ0n) is 18.4. The quantitative estimate of drug-likeness (QED) is 0.450. The van der Waals surface area contributed by atoms with Crippen LogP contribution in [0.3, 0.4) is 0 Å². The maximum absolute atomic E-state index is 12.7. The highest BCUT2D eigenvalue weighted by atomic mass is 16.5. The van der Waals surface area contributed by atoms with Gasteiger partial charge < -0.3 is 19.2 Å². The summed E-state index contributed by atoms with van der Waals surface area (Å²) < 4.78 is 11.5. The standard InChI is InChI=1S/C27H21NO6/c1-16(29)28-10-9-18-11-19(7-8-21(18)28)24(32)15-33-20-12-22(30)27-23(31)14-25(34-26(27)13-20)17-5-3-2-4-6-17/h2-8,11-14,30H,9-10,15H2,1H3. The van der Waals surface area contributed by atoms with E-state index >= 15 is 0 Å². The molecule has 7 nitrogen and oxygen atoms in total. The number of phenolic OH excluding ortho intramolecular Hbond substituents is 1. The van der Waals surface area contributed by atoms with Crippen molar-refractivity contribution in [2.75, 3.05) is 18.1 Å². The molecule has 2 heterocycles. The van der Waals surface area contributed by atoms with Gasteiger partial charge in [0.2, 0.25) is 5.91 Å². The van der Waals surface area contributed by atoms with Gasteiger partial charge in [-0.2, -0.15) is 0 Å². The van der Waals surface area contributed by atoms with Crippen LogP contribution in [0.1, 0.15) is 22.8 Å². The molecule has 0 fully saturated rings. The highest BCUT2D eigenvalue weighted by Gasteiger charge is 2.23. The van der Waals surface area contributed by atoms with E-state index in [1.165, 1.54) is 25.1 Å². The molecule has 1 aromatic heterocycles. The first kappa shape index (κ1) is 21.5. The summed E-state index contributed by atoms with van der Waals surface area (Å²) in [5.41, 5.74) is 2.76. The summed E-state index contributed by atoms with van der Waals surface area (Å²) in [6.45, 7) is 1.86. The molecule has 1 aliphatic rings. The van der Waals surface area contributed by atoms with Gasteiger partial charge in [-0.15, -0.1) is 0 Å². The van der Waals surface area contributed by atoms with Crippen LogP contribution in [-0.4, -0.2) is 29.9 Å². The van der Waals surface area contributed by atoms with Gasteiger partial charge in [0, 0.05) is 48.5 Å². The second kappa shape index (κ2) is 8.51. The number of ketones is 1. The molecule has 1 aliphatic heterocycles. The van der Waals surface area contributed by atoms with Crippen LogP contribution >= 0.6 is 0 Å². The van der Waals surface area contributed by atoms with Gasteiger partial charge in [0.25, 0.3) is 0 Å². The molecule has 0 radical (unpaired) electrons. The molecular weight excluding hydrogens is 434 g/mol. The fourth-order valence-electron chi connectivity index (χ4n) is 4.21. The fourth-order valence-corrected chi connectivity index (χ4v) is 4.21. The van der Waals surface area contributed by atoms with E-state index < -0.39 is 0 Å². The predicted octanol–water partition coefficient (Wildman–Crippen LogP) is 4.34. The number of fused-ring (bicyclic) bond motifs is 2. The average Bonchev–Trinajstić information content (AvgIpc) is 3.26. The van der Waals surface area contributed by atoms with Gasteiger partial charge in [0.1, 0.15) is 28.2 Å². The molecule has 0 saturated heterocycles. The van der Waals surface area contributed by atoms with Crippen molar-refractivity contribution in [2.45, 2.75) is 13.3 Å². The SMILES string of the molecule is CC(=O)N1CCc2cc(C(=O)COc3cc(O)c4c(=O)cc(-c5ccccc5)oc4c3)ccc21. The van der Waals surface area contributed by atoms with Gasteiger partial charge in [-0.1, -0.05) is 30.3 Å². The second-order valence-electron chi connectivity index (χ2n) is 8.13. The minimum Gasteiger partial charge on any atom is -0.507 e. The summed E-state index contributed by atoms with van der Waals surface area (Å²) in [7, 11) is 0. The van der Waals surface area contributed by atoms with Crippen LogP contribution in [0.2, 0.25) is 0 Å². The molecule has 7 heteroatoms. The van der Waals surface area contributed by atoms with Crippen LogP contribution in [0.4, 0.5) is 5.69 Å². The van der Waals surface area contributed by atoms with Crippen LogP contribution in [0.5, 0.6) is 11.5 Å². The molecular formula is C27H21NO6. The Morgan fingerprint density at radius 1 is 1.06 bits per heavy atom. The van der Waals surface area contributed by atoms with Crippen LogP contribution in [0.15, 0.2) is 75.9 Å². The Morgan fingerprint density at radius 2 is 1.85 bits per heavy atom. The number of anilines is 1. The minimum atomic E-state index is -0.377. The van der Waals surface area contributed by atoms with Crippen LogP contribution in [-0.2, 0) is 11.2 Å². The van der Waals surface area contributed by atoms with E-state index in [1.54, 1.807) is 23.1 Å². The molecule has 1 N–H and O–H groups in total. The smallest absolute Gasteiger partial charge is 0.223 e. The van der Waals surface area contributed by atoms with Crippen molar-refractivity contribution in [2.24, 2.45) is 0 Å². The van der Waals surface area contributed by atoms with Gasteiger partial charge in [-0.3, -0.25) is 14.4 Å². The number of amides is 1. The topological polar surface area (TPSA) is 97.0 Å². The van der Waals surface area contributed by atoms with Crippen molar-refractivity contribution in [3.05, 3.63) is 88.1 Å². The Hall–Kier alpha value is -4.39. The average molecular weight is 455 g/mol. The first-order chi connectivity index (χ1) is 16.4. The Labute approximate surface area is 194 Å². The van der Waals surface area contributed by atoms with Crippen LogP contribution in [0, 0.1) is 0 Å². The van der Waals surface area contributed by atoms with Crippen molar-refractivity contribution in [1.29, 1.82) is 0 Å². The van der Waals surface area contributed by atoms with Crippen LogP contribution in [0.25, 0.3) is 22.3 Å². The molecule has 0 unspecified atom stereocenters. The molecule has 0 saturated carbocycles. The summed E-state index contributed by atoms with van der Waals surface area (Å²) in [4.78, 5) is 38.7. The summed E-state index contributed by atoms with van der Waals surface area (Å²) in [6, 6.07) is 18.5. The Morgan fingerprint density at radius 3 is 2.62 bits per heavy atom. The number of ether oxygens (including phenoxy) is 1. The van der Waals surface area contributed by atoms with Crippen molar-refractivity contribution < 1.29 is 23.8 Å². The number of carbonyl (C=O) groups is 2. The lowest BCUT2D eigenvalue weighted by Crippen LogP contribution is -2.25. The molecule has 0 aliphatic carbocycles. The number of carbonyl (C=O) groups excluding carboxylic acids is 2. The van der Waals surface area contributed by atoms with Crippen molar-refractivity contribution >= 4 is 28.3 Å². The number of Topliss-reactive ketones (excluding diaryl/α,β-unsaturated/α-hetero) is 1. The zero-order valence-corrected chi connectivity index (χ0v) is 18.4. The first-order valence-corrected chi connectivity index (χ1v) is 10.8. The van der Waals surface area contributed by atoms with E-state index in [0.29, 0.717) is 24.3 Å².